The fourth-order valence-corrected chi connectivity index (χ4v) is 2.66. The van der Waals surface area contributed by atoms with Crippen molar-refractivity contribution in [1.29, 1.82) is 0 Å². The van der Waals surface area contributed by atoms with E-state index in [1.807, 2.05) is 13.8 Å². The van der Waals surface area contributed by atoms with E-state index in [4.69, 9.17) is 0 Å². The Morgan fingerprint density at radius 3 is 2.33 bits per heavy atom. The second-order valence-electron chi connectivity index (χ2n) is 4.92. The van der Waals surface area contributed by atoms with Crippen LogP contribution in [0, 0.1) is 11.8 Å². The monoisotopic (exact) mass is 213 g/mol. The van der Waals surface area contributed by atoms with E-state index in [9.17, 15) is 0 Å². The van der Waals surface area contributed by atoms with Crippen LogP contribution in [0.3, 0.4) is 0 Å². The lowest BCUT2D eigenvalue weighted by Crippen LogP contribution is -2.36. The molecule has 1 rings (SSSR count). The van der Waals surface area contributed by atoms with E-state index < -0.39 is 0 Å². The number of nitrogens with zero attached hydrogens (tertiary/aromatic N) is 1. The molecule has 0 amide bonds. The molecule has 15 heavy (non-hydrogen) atoms. The molecule has 0 N–H and O–H groups in total. The predicted molar refractivity (Wildman–Crippen MR) is 70.3 cm³/mol. The van der Waals surface area contributed by atoms with Crippen LogP contribution in [0.25, 0.3) is 0 Å². The Labute approximate surface area is 97.2 Å². The first kappa shape index (κ1) is 15.0. The smallest absolute Gasteiger partial charge is 0.000683 e. The lowest BCUT2D eigenvalue weighted by Gasteiger charge is -2.34. The summed E-state index contributed by atoms with van der Waals surface area (Å²) in [6, 6.07) is 0. The van der Waals surface area contributed by atoms with E-state index in [0.29, 0.717) is 0 Å². The Bertz CT molecular complexity index is 123. The lowest BCUT2D eigenvalue weighted by molar-refractivity contribution is 0.153. The van der Waals surface area contributed by atoms with Crippen LogP contribution in [-0.4, -0.2) is 25.0 Å². The Kier molecular flexibility index (Phi) is 9.18. The highest BCUT2D eigenvalue weighted by Gasteiger charge is 2.21. The SMILES string of the molecule is CC.CCCCCC1CC(C)CN(C)C1. The zero-order valence-corrected chi connectivity index (χ0v) is 11.6. The molecule has 0 bridgehead atoms. The molecule has 1 heterocycles. The van der Waals surface area contributed by atoms with Crippen molar-refractivity contribution >= 4 is 0 Å². The maximum atomic E-state index is 2.50. The second kappa shape index (κ2) is 9.21. The van der Waals surface area contributed by atoms with Crippen LogP contribution < -0.4 is 0 Å². The average Bonchev–Trinajstić information content (AvgIpc) is 2.20. The lowest BCUT2D eigenvalue weighted by atomic mass is 9.87. The van der Waals surface area contributed by atoms with Gasteiger partial charge in [-0.3, -0.25) is 0 Å². The Morgan fingerprint density at radius 1 is 1.13 bits per heavy atom. The Hall–Kier alpha value is -0.0400. The Balaban J connectivity index is 0.000000921. The first-order valence-electron chi connectivity index (χ1n) is 6.91. The molecule has 92 valence electrons. The number of piperidine rings is 1. The van der Waals surface area contributed by atoms with Gasteiger partial charge in [0, 0.05) is 13.1 Å². The summed E-state index contributed by atoms with van der Waals surface area (Å²) < 4.78 is 0. The predicted octanol–water partition coefficient (Wildman–Crippen LogP) is 4.18. The average molecular weight is 213 g/mol. The zero-order valence-electron chi connectivity index (χ0n) is 11.6. The van der Waals surface area contributed by atoms with Crippen molar-refractivity contribution in [1.82, 2.24) is 4.90 Å². The van der Waals surface area contributed by atoms with Gasteiger partial charge in [-0.25, -0.2) is 0 Å². The topological polar surface area (TPSA) is 3.24 Å². The summed E-state index contributed by atoms with van der Waals surface area (Å²) >= 11 is 0. The van der Waals surface area contributed by atoms with Crippen molar-refractivity contribution in [2.24, 2.45) is 11.8 Å². The molecule has 0 saturated carbocycles. The maximum absolute atomic E-state index is 2.50. The molecule has 0 aromatic heterocycles. The summed E-state index contributed by atoms with van der Waals surface area (Å²) in [4.78, 5) is 2.50. The van der Waals surface area contributed by atoms with Crippen LogP contribution >= 0.6 is 0 Å². The second-order valence-corrected chi connectivity index (χ2v) is 4.92. The maximum Gasteiger partial charge on any atom is 0.000683 e. The van der Waals surface area contributed by atoms with Crippen molar-refractivity contribution in [3.05, 3.63) is 0 Å². The molecule has 1 aliphatic heterocycles. The Morgan fingerprint density at radius 2 is 1.80 bits per heavy atom. The zero-order chi connectivity index (χ0) is 11.7. The molecule has 1 fully saturated rings. The van der Waals surface area contributed by atoms with Gasteiger partial charge >= 0.3 is 0 Å². The van der Waals surface area contributed by atoms with Crippen molar-refractivity contribution < 1.29 is 0 Å². The summed E-state index contributed by atoms with van der Waals surface area (Å²) in [6.45, 7) is 11.3. The number of hydrogen-bond acceptors (Lipinski definition) is 1. The molecule has 0 aromatic rings. The minimum absolute atomic E-state index is 0.922. The third-order valence-corrected chi connectivity index (χ3v) is 3.14. The molecule has 1 aliphatic rings. The van der Waals surface area contributed by atoms with Crippen LogP contribution in [0.15, 0.2) is 0 Å². The summed E-state index contributed by atoms with van der Waals surface area (Å²) in [7, 11) is 2.27. The molecule has 0 spiro atoms. The van der Waals surface area contributed by atoms with Crippen molar-refractivity contribution in [2.45, 2.75) is 59.8 Å². The highest BCUT2D eigenvalue weighted by atomic mass is 15.1. The minimum Gasteiger partial charge on any atom is -0.306 e. The van der Waals surface area contributed by atoms with Crippen LogP contribution in [0.5, 0.6) is 0 Å². The summed E-state index contributed by atoms with van der Waals surface area (Å²) in [5.74, 6) is 1.91. The molecular formula is C14H31N. The van der Waals surface area contributed by atoms with Crippen molar-refractivity contribution in [2.75, 3.05) is 20.1 Å². The van der Waals surface area contributed by atoms with Crippen LogP contribution in [0.4, 0.5) is 0 Å². The minimum atomic E-state index is 0.922. The standard InChI is InChI=1S/C12H25N.C2H6/c1-4-5-6-7-12-8-11(2)9-13(3)10-12;1-2/h11-12H,4-10H2,1-3H3;1-2H3. The van der Waals surface area contributed by atoms with Crippen molar-refractivity contribution in [3.8, 4) is 0 Å². The number of hydrogen-bond donors (Lipinski definition) is 0. The third kappa shape index (κ3) is 6.94. The number of rotatable bonds is 4. The fraction of sp³-hybridized carbons (Fsp3) is 1.00. The number of unbranched alkanes of at least 4 members (excludes halogenated alkanes) is 2. The van der Waals surface area contributed by atoms with Gasteiger partial charge < -0.3 is 4.90 Å². The van der Waals surface area contributed by atoms with Gasteiger partial charge in [0.05, 0.1) is 0 Å². The molecular weight excluding hydrogens is 182 g/mol. The van der Waals surface area contributed by atoms with Crippen molar-refractivity contribution in [3.63, 3.8) is 0 Å². The summed E-state index contributed by atoms with van der Waals surface area (Å²) in [5, 5.41) is 0. The first-order valence-corrected chi connectivity index (χ1v) is 6.91. The van der Waals surface area contributed by atoms with E-state index in [2.05, 4.69) is 25.8 Å². The van der Waals surface area contributed by atoms with E-state index in [1.54, 1.807) is 0 Å². The molecule has 0 aliphatic carbocycles. The molecule has 1 heteroatoms. The molecule has 0 aromatic carbocycles. The van der Waals surface area contributed by atoms with Gasteiger partial charge in [0.25, 0.3) is 0 Å². The largest absolute Gasteiger partial charge is 0.306 e. The fourth-order valence-electron chi connectivity index (χ4n) is 2.66. The quantitative estimate of drug-likeness (QED) is 0.633. The first-order chi connectivity index (χ1) is 7.22. The van der Waals surface area contributed by atoms with Crippen LogP contribution in [0.2, 0.25) is 0 Å². The van der Waals surface area contributed by atoms with Gasteiger partial charge in [-0.15, -0.1) is 0 Å². The van der Waals surface area contributed by atoms with E-state index in [-0.39, 0.29) is 0 Å². The summed E-state index contributed by atoms with van der Waals surface area (Å²) in [6.07, 6.45) is 7.16. The van der Waals surface area contributed by atoms with Gasteiger partial charge in [0.15, 0.2) is 0 Å². The van der Waals surface area contributed by atoms with E-state index in [1.165, 1.54) is 45.2 Å². The van der Waals surface area contributed by atoms with Gasteiger partial charge in [0.2, 0.25) is 0 Å². The van der Waals surface area contributed by atoms with Gasteiger partial charge in [-0.2, -0.15) is 0 Å². The van der Waals surface area contributed by atoms with E-state index >= 15 is 0 Å². The molecule has 1 nitrogen and oxygen atoms in total. The molecule has 2 atom stereocenters. The third-order valence-electron chi connectivity index (χ3n) is 3.14. The molecule has 0 radical (unpaired) electrons. The van der Waals surface area contributed by atoms with Gasteiger partial charge in [-0.05, 0) is 31.7 Å². The number of likely N-dealkylation sites (tertiary alicyclic amines) is 1. The van der Waals surface area contributed by atoms with E-state index in [0.717, 1.165) is 11.8 Å². The van der Waals surface area contributed by atoms with Crippen LogP contribution in [0.1, 0.15) is 59.8 Å². The van der Waals surface area contributed by atoms with Gasteiger partial charge in [0.1, 0.15) is 0 Å². The normalized spacial score (nSPS) is 27.0. The highest BCUT2D eigenvalue weighted by Crippen LogP contribution is 2.24. The molecule has 1 saturated heterocycles. The summed E-state index contributed by atoms with van der Waals surface area (Å²) in [5.41, 5.74) is 0. The van der Waals surface area contributed by atoms with Gasteiger partial charge in [-0.1, -0.05) is 47.0 Å². The molecule has 2 unspecified atom stereocenters. The highest BCUT2D eigenvalue weighted by molar-refractivity contribution is 4.74. The van der Waals surface area contributed by atoms with Crippen LogP contribution in [-0.2, 0) is 0 Å².